The van der Waals surface area contributed by atoms with Gasteiger partial charge in [-0.25, -0.2) is 9.48 Å². The Morgan fingerprint density at radius 1 is 1.12 bits per heavy atom. The molecule has 0 aliphatic carbocycles. The molecule has 8 heteroatoms. The molecule has 0 aliphatic heterocycles. The summed E-state index contributed by atoms with van der Waals surface area (Å²) in [6.45, 7) is 6.27. The molecule has 128 valence electrons. The summed E-state index contributed by atoms with van der Waals surface area (Å²) < 4.78 is 6.12. The summed E-state index contributed by atoms with van der Waals surface area (Å²) in [5, 5.41) is 4.43. The second-order valence-electron chi connectivity index (χ2n) is 6.13. The largest absolute Gasteiger partial charge is 0.332 e. The van der Waals surface area contributed by atoms with Gasteiger partial charge in [0.2, 0.25) is 5.95 Å². The minimum absolute atomic E-state index is 0.302. The van der Waals surface area contributed by atoms with Crippen LogP contribution in [0.2, 0.25) is 0 Å². The Balaban J connectivity index is 2.35. The topological polar surface area (TPSA) is 79.6 Å². The lowest BCUT2D eigenvalue weighted by Gasteiger charge is -2.07. The Morgan fingerprint density at radius 2 is 1.83 bits per heavy atom. The highest BCUT2D eigenvalue weighted by Gasteiger charge is 2.20. The SMILES string of the molecule is CCCCn1c(=O)c2c(nc(-n3nc(C)cc3C)n2C)n(C)c1=O. The van der Waals surface area contributed by atoms with Gasteiger partial charge in [-0.3, -0.25) is 13.9 Å². The number of fused-ring (bicyclic) bond motifs is 1. The molecule has 3 aromatic rings. The van der Waals surface area contributed by atoms with Crippen molar-refractivity contribution in [2.45, 2.75) is 40.2 Å². The van der Waals surface area contributed by atoms with Crippen molar-refractivity contribution in [1.29, 1.82) is 0 Å². The molecule has 0 spiro atoms. The van der Waals surface area contributed by atoms with Crippen LogP contribution in [0.5, 0.6) is 0 Å². The van der Waals surface area contributed by atoms with Gasteiger partial charge in [-0.15, -0.1) is 0 Å². The molecule has 0 aliphatic rings. The molecule has 3 aromatic heterocycles. The van der Waals surface area contributed by atoms with E-state index in [1.807, 2.05) is 26.8 Å². The van der Waals surface area contributed by atoms with Crippen LogP contribution in [-0.4, -0.2) is 28.5 Å². The average molecular weight is 330 g/mol. The zero-order valence-electron chi connectivity index (χ0n) is 14.7. The second-order valence-corrected chi connectivity index (χ2v) is 6.13. The maximum atomic E-state index is 12.8. The van der Waals surface area contributed by atoms with Gasteiger partial charge < -0.3 is 4.57 Å². The van der Waals surface area contributed by atoms with E-state index in [0.717, 1.165) is 24.2 Å². The van der Waals surface area contributed by atoms with Crippen LogP contribution in [0.15, 0.2) is 15.7 Å². The predicted octanol–water partition coefficient (Wildman–Crippen LogP) is 1.04. The summed E-state index contributed by atoms with van der Waals surface area (Å²) in [5.74, 6) is 0.524. The summed E-state index contributed by atoms with van der Waals surface area (Å²) in [7, 11) is 3.42. The Hall–Kier alpha value is -2.64. The summed E-state index contributed by atoms with van der Waals surface area (Å²) in [6.07, 6.45) is 1.69. The number of hydrogen-bond acceptors (Lipinski definition) is 4. The van der Waals surface area contributed by atoms with Crippen molar-refractivity contribution in [3.8, 4) is 5.95 Å². The summed E-state index contributed by atoms with van der Waals surface area (Å²) in [6, 6.07) is 1.94. The van der Waals surface area contributed by atoms with Crippen molar-refractivity contribution in [1.82, 2.24) is 28.5 Å². The van der Waals surface area contributed by atoms with Crippen molar-refractivity contribution in [3.63, 3.8) is 0 Å². The van der Waals surface area contributed by atoms with Gasteiger partial charge in [0.15, 0.2) is 11.2 Å². The van der Waals surface area contributed by atoms with Crippen LogP contribution < -0.4 is 11.2 Å². The van der Waals surface area contributed by atoms with E-state index in [4.69, 9.17) is 0 Å². The Kier molecular flexibility index (Phi) is 3.90. The van der Waals surface area contributed by atoms with Crippen LogP contribution in [0, 0.1) is 13.8 Å². The van der Waals surface area contributed by atoms with E-state index in [0.29, 0.717) is 23.7 Å². The standard InChI is InChI=1S/C16H22N6O2/c1-6-7-8-21-14(23)12-13(20(5)16(21)24)17-15(19(12)4)22-11(3)9-10(2)18-22/h9H,6-8H2,1-5H3. The van der Waals surface area contributed by atoms with Gasteiger partial charge in [-0.2, -0.15) is 10.1 Å². The number of hydrogen-bond donors (Lipinski definition) is 0. The van der Waals surface area contributed by atoms with Gasteiger partial charge in [-0.1, -0.05) is 13.3 Å². The fourth-order valence-electron chi connectivity index (χ4n) is 2.97. The van der Waals surface area contributed by atoms with Gasteiger partial charge in [0.1, 0.15) is 0 Å². The lowest BCUT2D eigenvalue weighted by Crippen LogP contribution is -2.39. The number of nitrogens with zero attached hydrogens (tertiary/aromatic N) is 6. The highest BCUT2D eigenvalue weighted by atomic mass is 16.2. The van der Waals surface area contributed by atoms with E-state index in [9.17, 15) is 9.59 Å². The Labute approximate surface area is 139 Å². The Bertz CT molecular complexity index is 1030. The van der Waals surface area contributed by atoms with E-state index in [1.54, 1.807) is 23.3 Å². The molecule has 0 amide bonds. The summed E-state index contributed by atoms with van der Waals surface area (Å²) in [4.78, 5) is 29.8. The first kappa shape index (κ1) is 16.2. The molecule has 0 saturated heterocycles. The van der Waals surface area contributed by atoms with Crippen LogP contribution in [0.25, 0.3) is 17.1 Å². The van der Waals surface area contributed by atoms with Crippen molar-refractivity contribution < 1.29 is 0 Å². The maximum Gasteiger partial charge on any atom is 0.332 e. The normalized spacial score (nSPS) is 11.5. The van der Waals surface area contributed by atoms with Gasteiger partial charge in [0, 0.05) is 26.3 Å². The van der Waals surface area contributed by atoms with Crippen LogP contribution in [-0.2, 0) is 20.6 Å². The monoisotopic (exact) mass is 330 g/mol. The van der Waals surface area contributed by atoms with Crippen LogP contribution in [0.1, 0.15) is 31.2 Å². The van der Waals surface area contributed by atoms with Crippen LogP contribution in [0.3, 0.4) is 0 Å². The molecule has 0 saturated carbocycles. The van der Waals surface area contributed by atoms with Crippen molar-refractivity contribution in [2.24, 2.45) is 14.1 Å². The van der Waals surface area contributed by atoms with Gasteiger partial charge in [-0.05, 0) is 26.3 Å². The lowest BCUT2D eigenvalue weighted by atomic mass is 10.3. The third kappa shape index (κ3) is 2.29. The van der Waals surface area contributed by atoms with Crippen LogP contribution >= 0.6 is 0 Å². The molecule has 0 bridgehead atoms. The quantitative estimate of drug-likeness (QED) is 0.716. The van der Waals surface area contributed by atoms with E-state index in [-0.39, 0.29) is 11.2 Å². The number of imidazole rings is 1. The van der Waals surface area contributed by atoms with Gasteiger partial charge >= 0.3 is 5.69 Å². The van der Waals surface area contributed by atoms with Crippen molar-refractivity contribution >= 4 is 11.2 Å². The van der Waals surface area contributed by atoms with Crippen LogP contribution in [0.4, 0.5) is 0 Å². The molecule has 0 atom stereocenters. The average Bonchev–Trinajstić information content (AvgIpc) is 3.04. The minimum Gasteiger partial charge on any atom is -0.306 e. The molecule has 0 N–H and O–H groups in total. The van der Waals surface area contributed by atoms with E-state index in [1.165, 1.54) is 9.13 Å². The van der Waals surface area contributed by atoms with Crippen molar-refractivity contribution in [3.05, 3.63) is 38.3 Å². The third-order valence-electron chi connectivity index (χ3n) is 4.27. The molecule has 0 unspecified atom stereocenters. The highest BCUT2D eigenvalue weighted by Crippen LogP contribution is 2.15. The zero-order chi connectivity index (χ0) is 17.6. The third-order valence-corrected chi connectivity index (χ3v) is 4.27. The minimum atomic E-state index is -0.334. The molecule has 3 heterocycles. The molecular formula is C16H22N6O2. The molecule has 24 heavy (non-hydrogen) atoms. The fourth-order valence-corrected chi connectivity index (χ4v) is 2.97. The number of rotatable bonds is 4. The highest BCUT2D eigenvalue weighted by molar-refractivity contribution is 5.72. The van der Waals surface area contributed by atoms with Gasteiger partial charge in [0.05, 0.1) is 5.69 Å². The first-order valence-corrected chi connectivity index (χ1v) is 8.06. The maximum absolute atomic E-state index is 12.8. The fraction of sp³-hybridized carbons (Fsp3) is 0.500. The van der Waals surface area contributed by atoms with E-state index < -0.39 is 0 Å². The van der Waals surface area contributed by atoms with Crippen molar-refractivity contribution in [2.75, 3.05) is 0 Å². The first-order chi connectivity index (χ1) is 11.4. The smallest absolute Gasteiger partial charge is 0.306 e. The first-order valence-electron chi connectivity index (χ1n) is 8.06. The lowest BCUT2D eigenvalue weighted by molar-refractivity contribution is 0.565. The number of aromatic nitrogens is 6. The second kappa shape index (κ2) is 5.77. The van der Waals surface area contributed by atoms with E-state index in [2.05, 4.69) is 10.1 Å². The summed E-state index contributed by atoms with van der Waals surface area (Å²) in [5.41, 5.74) is 1.94. The number of unbranched alkanes of at least 4 members (excludes halogenated alkanes) is 1. The van der Waals surface area contributed by atoms with E-state index >= 15 is 0 Å². The molecular weight excluding hydrogens is 308 g/mol. The van der Waals surface area contributed by atoms with Gasteiger partial charge in [0.25, 0.3) is 5.56 Å². The molecule has 0 aromatic carbocycles. The summed E-state index contributed by atoms with van der Waals surface area (Å²) >= 11 is 0. The molecule has 0 radical (unpaired) electrons. The molecule has 0 fully saturated rings. The molecule has 3 rings (SSSR count). The zero-order valence-corrected chi connectivity index (χ0v) is 14.7. The molecule has 8 nitrogen and oxygen atoms in total. The Morgan fingerprint density at radius 3 is 2.42 bits per heavy atom. The number of aryl methyl sites for hydroxylation is 4. The predicted molar refractivity (Wildman–Crippen MR) is 91.7 cm³/mol.